The Morgan fingerprint density at radius 1 is 1.25 bits per heavy atom. The van der Waals surface area contributed by atoms with Gasteiger partial charge < -0.3 is 4.90 Å². The van der Waals surface area contributed by atoms with Crippen molar-refractivity contribution in [2.75, 3.05) is 19.6 Å². The van der Waals surface area contributed by atoms with Crippen LogP contribution in [0.15, 0.2) is 9.59 Å². The summed E-state index contributed by atoms with van der Waals surface area (Å²) in [4.78, 5) is 29.3. The summed E-state index contributed by atoms with van der Waals surface area (Å²) >= 11 is 5.92. The number of aromatic nitrogens is 2. The highest BCUT2D eigenvalue weighted by Crippen LogP contribution is 2.13. The molecule has 1 saturated heterocycles. The lowest BCUT2D eigenvalue weighted by molar-refractivity contribution is 0.198. The van der Waals surface area contributed by atoms with Crippen molar-refractivity contribution in [2.24, 2.45) is 0 Å². The van der Waals surface area contributed by atoms with E-state index in [0.29, 0.717) is 12.0 Å². The van der Waals surface area contributed by atoms with Crippen molar-refractivity contribution in [1.29, 1.82) is 0 Å². The fraction of sp³-hybridized carbons (Fsp3) is 0.714. The number of nitrogens with zero attached hydrogens (tertiary/aromatic N) is 2. The second-order valence-electron chi connectivity index (χ2n) is 5.46. The van der Waals surface area contributed by atoms with Crippen LogP contribution in [0.5, 0.6) is 0 Å². The molecule has 1 aromatic heterocycles. The number of H-pyrrole nitrogens is 1. The van der Waals surface area contributed by atoms with E-state index >= 15 is 0 Å². The Kier molecular flexibility index (Phi) is 5.05. The van der Waals surface area contributed by atoms with Gasteiger partial charge in [-0.2, -0.15) is 0 Å². The minimum Gasteiger partial charge on any atom is -0.301 e. The van der Waals surface area contributed by atoms with Gasteiger partial charge in [0.25, 0.3) is 5.56 Å². The van der Waals surface area contributed by atoms with Crippen LogP contribution in [0.2, 0.25) is 5.15 Å². The van der Waals surface area contributed by atoms with E-state index in [2.05, 4.69) is 9.88 Å². The van der Waals surface area contributed by atoms with Crippen molar-refractivity contribution in [3.05, 3.63) is 31.6 Å². The standard InChI is InChI=1S/C14H22ClN3O2/c1-3-11-12(15)16-14(20)18(13(11)19)10(2)9-17-7-5-4-6-8-17/h10H,3-9H2,1-2H3,(H,16,20). The molecule has 1 atom stereocenters. The average Bonchev–Trinajstić information content (AvgIpc) is 2.39. The van der Waals surface area contributed by atoms with Gasteiger partial charge in [-0.15, -0.1) is 0 Å². The Morgan fingerprint density at radius 3 is 2.50 bits per heavy atom. The predicted octanol–water partition coefficient (Wildman–Crippen LogP) is 1.80. The summed E-state index contributed by atoms with van der Waals surface area (Å²) in [6, 6.07) is -0.146. The third-order valence-corrected chi connectivity index (χ3v) is 4.27. The lowest BCUT2D eigenvalue weighted by Gasteiger charge is -2.29. The molecule has 2 heterocycles. The lowest BCUT2D eigenvalue weighted by atomic mass is 10.1. The molecule has 2 rings (SSSR count). The summed E-state index contributed by atoms with van der Waals surface area (Å²) < 4.78 is 1.30. The van der Waals surface area contributed by atoms with Gasteiger partial charge in [-0.1, -0.05) is 24.9 Å². The fourth-order valence-corrected chi connectivity index (χ4v) is 3.16. The van der Waals surface area contributed by atoms with Crippen LogP contribution in [0.3, 0.4) is 0 Å². The Balaban J connectivity index is 2.27. The Hall–Kier alpha value is -1.07. The maximum Gasteiger partial charge on any atom is 0.329 e. The predicted molar refractivity (Wildman–Crippen MR) is 80.7 cm³/mol. The van der Waals surface area contributed by atoms with Gasteiger partial charge in [0.15, 0.2) is 0 Å². The first-order chi connectivity index (χ1) is 9.54. The van der Waals surface area contributed by atoms with Gasteiger partial charge in [0.1, 0.15) is 5.15 Å². The number of rotatable bonds is 4. The molecule has 1 aliphatic rings. The largest absolute Gasteiger partial charge is 0.329 e. The average molecular weight is 300 g/mol. The number of piperidine rings is 1. The van der Waals surface area contributed by atoms with E-state index in [0.717, 1.165) is 19.6 Å². The minimum absolute atomic E-state index is 0.146. The van der Waals surface area contributed by atoms with Gasteiger partial charge in [0.2, 0.25) is 0 Å². The zero-order valence-corrected chi connectivity index (χ0v) is 12.9. The molecule has 0 aliphatic carbocycles. The number of likely N-dealkylation sites (tertiary alicyclic amines) is 1. The van der Waals surface area contributed by atoms with Gasteiger partial charge in [-0.05, 0) is 39.3 Å². The molecule has 5 nitrogen and oxygen atoms in total. The summed E-state index contributed by atoms with van der Waals surface area (Å²) in [5.74, 6) is 0. The van der Waals surface area contributed by atoms with Crippen LogP contribution in [0.4, 0.5) is 0 Å². The molecule has 1 unspecified atom stereocenters. The number of hydrogen-bond acceptors (Lipinski definition) is 3. The molecule has 0 bridgehead atoms. The first kappa shape index (κ1) is 15.3. The first-order valence-corrected chi connectivity index (χ1v) is 7.68. The maximum absolute atomic E-state index is 12.4. The third-order valence-electron chi connectivity index (χ3n) is 3.94. The second kappa shape index (κ2) is 6.59. The van der Waals surface area contributed by atoms with Gasteiger partial charge in [0, 0.05) is 6.54 Å². The SMILES string of the molecule is CCc1c(Cl)[nH]c(=O)n(C(C)CN2CCCCC2)c1=O. The molecule has 0 saturated carbocycles. The quantitative estimate of drug-likeness (QED) is 0.863. The molecule has 1 fully saturated rings. The van der Waals surface area contributed by atoms with Crippen LogP contribution in [-0.4, -0.2) is 34.1 Å². The molecule has 6 heteroatoms. The highest BCUT2D eigenvalue weighted by Gasteiger charge is 2.19. The van der Waals surface area contributed by atoms with Crippen LogP contribution >= 0.6 is 11.6 Å². The molecule has 0 radical (unpaired) electrons. The van der Waals surface area contributed by atoms with Crippen molar-refractivity contribution >= 4 is 11.6 Å². The van der Waals surface area contributed by atoms with E-state index in [1.54, 1.807) is 0 Å². The van der Waals surface area contributed by atoms with Crippen molar-refractivity contribution in [3.8, 4) is 0 Å². The molecule has 1 aromatic rings. The number of hydrogen-bond donors (Lipinski definition) is 1. The van der Waals surface area contributed by atoms with Gasteiger partial charge in [-0.25, -0.2) is 4.79 Å². The highest BCUT2D eigenvalue weighted by molar-refractivity contribution is 6.30. The van der Waals surface area contributed by atoms with Crippen molar-refractivity contribution in [3.63, 3.8) is 0 Å². The van der Waals surface area contributed by atoms with Crippen LogP contribution < -0.4 is 11.2 Å². The summed E-state index contributed by atoms with van der Waals surface area (Å²) in [6.07, 6.45) is 4.18. The van der Waals surface area contributed by atoms with Gasteiger partial charge >= 0.3 is 5.69 Å². The molecular weight excluding hydrogens is 278 g/mol. The fourth-order valence-electron chi connectivity index (χ4n) is 2.87. The van der Waals surface area contributed by atoms with Crippen LogP contribution in [0, 0.1) is 0 Å². The zero-order valence-electron chi connectivity index (χ0n) is 12.1. The third kappa shape index (κ3) is 3.15. The molecule has 20 heavy (non-hydrogen) atoms. The minimum atomic E-state index is -0.415. The second-order valence-corrected chi connectivity index (χ2v) is 5.84. The Morgan fingerprint density at radius 2 is 1.90 bits per heavy atom. The first-order valence-electron chi connectivity index (χ1n) is 7.30. The normalized spacial score (nSPS) is 18.1. The summed E-state index contributed by atoms with van der Waals surface area (Å²) in [5.41, 5.74) is -0.191. The monoisotopic (exact) mass is 299 g/mol. The van der Waals surface area contributed by atoms with E-state index < -0.39 is 5.69 Å². The van der Waals surface area contributed by atoms with Crippen LogP contribution in [-0.2, 0) is 6.42 Å². The van der Waals surface area contributed by atoms with Gasteiger partial charge in [0.05, 0.1) is 11.6 Å². The molecule has 0 amide bonds. The molecule has 112 valence electrons. The lowest BCUT2D eigenvalue weighted by Crippen LogP contribution is -2.44. The smallest absolute Gasteiger partial charge is 0.301 e. The molecule has 1 aliphatic heterocycles. The van der Waals surface area contributed by atoms with Crippen molar-refractivity contribution < 1.29 is 0 Å². The molecule has 0 spiro atoms. The van der Waals surface area contributed by atoms with Gasteiger partial charge in [-0.3, -0.25) is 14.3 Å². The van der Waals surface area contributed by atoms with E-state index in [4.69, 9.17) is 11.6 Å². The van der Waals surface area contributed by atoms with Crippen LogP contribution in [0.25, 0.3) is 0 Å². The highest BCUT2D eigenvalue weighted by atomic mass is 35.5. The Labute approximate surface area is 123 Å². The van der Waals surface area contributed by atoms with E-state index in [1.165, 1.54) is 23.8 Å². The van der Waals surface area contributed by atoms with E-state index in [1.807, 2.05) is 13.8 Å². The van der Waals surface area contributed by atoms with Crippen LogP contribution in [0.1, 0.15) is 44.7 Å². The zero-order chi connectivity index (χ0) is 14.7. The molecular formula is C14H22ClN3O2. The van der Waals surface area contributed by atoms with E-state index in [-0.39, 0.29) is 16.8 Å². The topological polar surface area (TPSA) is 58.1 Å². The summed E-state index contributed by atoms with van der Waals surface area (Å²) in [5, 5.41) is 0.170. The van der Waals surface area contributed by atoms with Crippen molar-refractivity contribution in [1.82, 2.24) is 14.5 Å². The number of nitrogens with one attached hydrogen (secondary N) is 1. The summed E-state index contributed by atoms with van der Waals surface area (Å²) in [6.45, 7) is 6.60. The molecule has 1 N–H and O–H groups in total. The maximum atomic E-state index is 12.4. The van der Waals surface area contributed by atoms with E-state index in [9.17, 15) is 9.59 Å². The Bertz CT molecular complexity index is 573. The number of halogens is 1. The van der Waals surface area contributed by atoms with Crippen molar-refractivity contribution in [2.45, 2.75) is 45.6 Å². The summed E-state index contributed by atoms with van der Waals surface area (Å²) in [7, 11) is 0. The molecule has 0 aromatic carbocycles. The number of aromatic amines is 1.